The van der Waals surface area contributed by atoms with Crippen LogP contribution in [-0.4, -0.2) is 29.5 Å². The van der Waals surface area contributed by atoms with Crippen LogP contribution in [0.4, 0.5) is 17.1 Å². The highest BCUT2D eigenvalue weighted by atomic mass is 15.1. The molecule has 0 unspecified atom stereocenters. The quantitative estimate of drug-likeness (QED) is 0.134. The number of fused-ring (bicyclic) bond motifs is 17. The number of benzene rings is 13. The Kier molecular flexibility index (Phi) is 12.1. The maximum absolute atomic E-state index is 5.48. The summed E-state index contributed by atoms with van der Waals surface area (Å²) in [5, 5.41) is 15.0. The van der Waals surface area contributed by atoms with Gasteiger partial charge in [-0.2, -0.15) is 0 Å². The third kappa shape index (κ3) is 8.31. The van der Waals surface area contributed by atoms with E-state index in [2.05, 4.69) is 271 Å². The van der Waals surface area contributed by atoms with Gasteiger partial charge in [-0.3, -0.25) is 9.55 Å². The number of para-hydroxylation sites is 1. The minimum Gasteiger partial charge on any atom is -0.310 e. The summed E-state index contributed by atoms with van der Waals surface area (Å²) in [6, 6.07) is 97.0. The van der Waals surface area contributed by atoms with Crippen molar-refractivity contribution in [2.45, 2.75) is 32.1 Å². The Bertz CT molecular complexity index is 6230. The highest BCUT2D eigenvalue weighted by Gasteiger charge is 2.43. The molecule has 13 aromatic carbocycles. The third-order valence-electron chi connectivity index (χ3n) is 20.8. The smallest absolute Gasteiger partial charge is 0.164 e. The first-order valence-electron chi connectivity index (χ1n) is 33.5. The van der Waals surface area contributed by atoms with Gasteiger partial charge in [-0.05, 0) is 183 Å². The van der Waals surface area contributed by atoms with Gasteiger partial charge < -0.3 is 4.90 Å². The standard InChI is InChI=1S/C90H59N7/c1-90(2)84-73(47-46-71-67-32-10-9-30-65(67)66-31-11-12-33-68(66)80(71)84)81-69-34-13-14-35-70(69)83-82-64(59-25-18-29-63(51-59)96(62-27-7-4-8-28-62)76-52-60-26-17-23-55-42-43-56-24-19-37-72(76)79(56)78(55)60)36-20-39-75(82)97(86(83)85(81)90)77-53-61(48-50-92-77)89-94-87(57-21-5-3-6-22-57)93-88(95-89)58-44-40-54(41-45-58)74-38-15-16-49-91-74/h3-36,38-41,43-53H,37,42H2,1-2H3. The molecule has 3 aliphatic carbocycles. The topological polar surface area (TPSA) is 72.6 Å². The summed E-state index contributed by atoms with van der Waals surface area (Å²) in [6.07, 6.45) is 12.6. The number of anilines is 3. The second-order valence-corrected chi connectivity index (χ2v) is 26.5. The molecular formula is C90H59N7. The molecule has 0 saturated carbocycles. The van der Waals surface area contributed by atoms with Crippen molar-refractivity contribution in [1.82, 2.24) is 29.5 Å². The lowest BCUT2D eigenvalue weighted by atomic mass is 9.77. The van der Waals surface area contributed by atoms with Crippen molar-refractivity contribution >= 4 is 98.3 Å². The van der Waals surface area contributed by atoms with Gasteiger partial charge in [0.2, 0.25) is 0 Å². The number of nitrogens with zero attached hydrogens (tertiary/aromatic N) is 7. The van der Waals surface area contributed by atoms with E-state index in [-0.39, 0.29) is 0 Å². The zero-order valence-electron chi connectivity index (χ0n) is 53.3. The fourth-order valence-electron chi connectivity index (χ4n) is 16.8. The molecule has 17 aromatic rings. The first-order valence-corrected chi connectivity index (χ1v) is 33.5. The van der Waals surface area contributed by atoms with E-state index >= 15 is 0 Å². The molecule has 4 heterocycles. The van der Waals surface area contributed by atoms with Gasteiger partial charge in [0, 0.05) is 62.2 Å². The van der Waals surface area contributed by atoms with Gasteiger partial charge in [-0.1, -0.05) is 238 Å². The molecule has 7 nitrogen and oxygen atoms in total. The summed E-state index contributed by atoms with van der Waals surface area (Å²) < 4.78 is 2.47. The van der Waals surface area contributed by atoms with Crippen LogP contribution in [0.3, 0.4) is 0 Å². The molecule has 0 atom stereocenters. The Morgan fingerprint density at radius 2 is 1.03 bits per heavy atom. The maximum atomic E-state index is 5.48. The Hall–Kier alpha value is -12.5. The molecule has 454 valence electrons. The van der Waals surface area contributed by atoms with Crippen LogP contribution >= 0.6 is 0 Å². The number of aromatic nitrogens is 6. The lowest BCUT2D eigenvalue weighted by Gasteiger charge is -2.32. The lowest BCUT2D eigenvalue weighted by molar-refractivity contribution is 0.670. The molecule has 0 N–H and O–H groups in total. The van der Waals surface area contributed by atoms with Crippen molar-refractivity contribution in [3.63, 3.8) is 0 Å². The van der Waals surface area contributed by atoms with E-state index in [1.54, 1.807) is 0 Å². The minimum absolute atomic E-state index is 0.540. The van der Waals surface area contributed by atoms with E-state index in [0.717, 1.165) is 85.5 Å². The zero-order valence-corrected chi connectivity index (χ0v) is 53.3. The van der Waals surface area contributed by atoms with Gasteiger partial charge in [-0.15, -0.1) is 0 Å². The average Bonchev–Trinajstić information content (AvgIpc) is 1.51. The molecule has 7 heteroatoms. The summed E-state index contributed by atoms with van der Waals surface area (Å²) in [5.41, 5.74) is 22.3. The summed E-state index contributed by atoms with van der Waals surface area (Å²) >= 11 is 0. The molecule has 4 aromatic heterocycles. The third-order valence-corrected chi connectivity index (χ3v) is 20.8. The van der Waals surface area contributed by atoms with Crippen LogP contribution in [0.2, 0.25) is 0 Å². The van der Waals surface area contributed by atoms with Crippen molar-refractivity contribution in [2.75, 3.05) is 4.90 Å². The number of rotatable bonds is 9. The number of pyridine rings is 2. The van der Waals surface area contributed by atoms with Gasteiger partial charge in [0.05, 0.1) is 22.4 Å². The van der Waals surface area contributed by atoms with Crippen molar-refractivity contribution in [1.29, 1.82) is 0 Å². The second-order valence-electron chi connectivity index (χ2n) is 26.5. The Labute approximate surface area is 560 Å². The van der Waals surface area contributed by atoms with E-state index in [4.69, 9.17) is 19.9 Å². The Balaban J connectivity index is 0.853. The first-order chi connectivity index (χ1) is 47.9. The highest BCUT2D eigenvalue weighted by Crippen LogP contribution is 2.60. The lowest BCUT2D eigenvalue weighted by Crippen LogP contribution is -2.17. The predicted molar refractivity (Wildman–Crippen MR) is 401 cm³/mol. The van der Waals surface area contributed by atoms with Crippen LogP contribution in [0.5, 0.6) is 0 Å². The second kappa shape index (κ2) is 21.3. The van der Waals surface area contributed by atoms with Gasteiger partial charge >= 0.3 is 0 Å². The summed E-state index contributed by atoms with van der Waals surface area (Å²) in [4.78, 5) is 28.5. The summed E-state index contributed by atoms with van der Waals surface area (Å²) in [6.45, 7) is 4.93. The minimum atomic E-state index is -0.540. The van der Waals surface area contributed by atoms with Crippen LogP contribution in [-0.2, 0) is 18.3 Å². The molecule has 97 heavy (non-hydrogen) atoms. The molecule has 0 spiro atoms. The van der Waals surface area contributed by atoms with Crippen LogP contribution < -0.4 is 4.90 Å². The van der Waals surface area contributed by atoms with Crippen molar-refractivity contribution in [3.05, 3.63) is 325 Å². The van der Waals surface area contributed by atoms with Gasteiger partial charge in [0.25, 0.3) is 0 Å². The Morgan fingerprint density at radius 1 is 0.402 bits per heavy atom. The predicted octanol–water partition coefficient (Wildman–Crippen LogP) is 22.7. The van der Waals surface area contributed by atoms with Gasteiger partial charge in [0.15, 0.2) is 17.5 Å². The molecule has 0 aliphatic heterocycles. The average molecular weight is 1240 g/mol. The normalized spacial score (nSPS) is 13.5. The van der Waals surface area contributed by atoms with E-state index in [1.165, 1.54) is 109 Å². The fraction of sp³-hybridized carbons (Fsp3) is 0.0556. The number of hydrogen-bond acceptors (Lipinski definition) is 6. The number of allylic oxidation sites excluding steroid dienone is 4. The van der Waals surface area contributed by atoms with Crippen LogP contribution in [0.25, 0.3) is 155 Å². The van der Waals surface area contributed by atoms with Crippen molar-refractivity contribution < 1.29 is 0 Å². The first kappa shape index (κ1) is 55.0. The van der Waals surface area contributed by atoms with E-state index in [0.29, 0.717) is 17.5 Å². The molecule has 0 fully saturated rings. The molecule has 20 rings (SSSR count). The largest absolute Gasteiger partial charge is 0.310 e. The summed E-state index contributed by atoms with van der Waals surface area (Å²) in [7, 11) is 0. The van der Waals surface area contributed by atoms with Gasteiger partial charge in [-0.25, -0.2) is 19.9 Å². The molecular weight excluding hydrogens is 1180 g/mol. The molecule has 0 saturated heterocycles. The highest BCUT2D eigenvalue weighted by molar-refractivity contribution is 6.32. The zero-order chi connectivity index (χ0) is 64.0. The van der Waals surface area contributed by atoms with Crippen LogP contribution in [0.1, 0.15) is 41.7 Å². The van der Waals surface area contributed by atoms with Crippen LogP contribution in [0, 0.1) is 0 Å². The summed E-state index contributed by atoms with van der Waals surface area (Å²) in [5.74, 6) is 2.46. The van der Waals surface area contributed by atoms with Crippen molar-refractivity contribution in [2.24, 2.45) is 0 Å². The maximum Gasteiger partial charge on any atom is 0.164 e. The van der Waals surface area contributed by atoms with E-state index in [1.807, 2.05) is 54.9 Å². The van der Waals surface area contributed by atoms with E-state index in [9.17, 15) is 0 Å². The Morgan fingerprint density at radius 3 is 1.79 bits per heavy atom. The molecule has 0 radical (unpaired) electrons. The molecule has 0 amide bonds. The fourth-order valence-corrected chi connectivity index (χ4v) is 16.8. The monoisotopic (exact) mass is 1240 g/mol. The SMILES string of the molecule is CC1(C)c2c(ccc3c4ccccc4c4ccccc4c23)-c2c1c1c(c3ccccc23)c2c(-c3cccc(N(c4ccccc4)c4cc5cccc6c5c5c4CC=CC5=CC6)c3)cccc2n1-c1cc(-c2nc(-c3ccccc3)nc(-c3ccc(-c4ccccn4)cc3)n2)ccn1. The van der Waals surface area contributed by atoms with E-state index < -0.39 is 5.41 Å². The number of hydrogen-bond donors (Lipinski definition) is 0. The van der Waals surface area contributed by atoms with Gasteiger partial charge in [0.1, 0.15) is 5.82 Å². The molecule has 3 aliphatic rings. The van der Waals surface area contributed by atoms with Crippen LogP contribution in [0.15, 0.2) is 298 Å². The molecule has 0 bridgehead atoms. The van der Waals surface area contributed by atoms with Crippen molar-refractivity contribution in [3.8, 4) is 73.5 Å².